The van der Waals surface area contributed by atoms with Gasteiger partial charge in [0.2, 0.25) is 0 Å². The Morgan fingerprint density at radius 1 is 1.32 bits per heavy atom. The number of benzene rings is 1. The number of sulfone groups is 1. The van der Waals surface area contributed by atoms with E-state index in [1.807, 2.05) is 13.0 Å². The molecule has 2 heterocycles. The Labute approximate surface area is 136 Å². The van der Waals surface area contributed by atoms with Gasteiger partial charge < -0.3 is 4.90 Å². The van der Waals surface area contributed by atoms with E-state index in [-0.39, 0.29) is 22.8 Å². The minimum absolute atomic E-state index is 0.0895. The molecule has 0 aliphatic carbocycles. The van der Waals surface area contributed by atoms with E-state index in [9.17, 15) is 13.2 Å². The van der Waals surface area contributed by atoms with E-state index in [1.165, 1.54) is 0 Å². The predicted molar refractivity (Wildman–Crippen MR) is 87.0 cm³/mol. The summed E-state index contributed by atoms with van der Waals surface area (Å²) in [5.74, 6) is 0.375. The Hall–Kier alpha value is -1.07. The van der Waals surface area contributed by atoms with Gasteiger partial charge in [0.25, 0.3) is 5.91 Å². The molecule has 1 aromatic carbocycles. The van der Waals surface area contributed by atoms with E-state index in [1.54, 1.807) is 17.0 Å². The fourth-order valence-electron chi connectivity index (χ4n) is 3.65. The van der Waals surface area contributed by atoms with Crippen molar-refractivity contribution in [3.63, 3.8) is 0 Å². The number of likely N-dealkylation sites (tertiary alicyclic amines) is 1. The summed E-state index contributed by atoms with van der Waals surface area (Å²) in [7, 11) is -2.95. The molecular weight excluding hydrogens is 322 g/mol. The third-order valence-corrected chi connectivity index (χ3v) is 6.96. The Morgan fingerprint density at radius 2 is 2.09 bits per heavy atom. The number of carbonyl (C=O) groups is 1. The van der Waals surface area contributed by atoms with Gasteiger partial charge in [0.15, 0.2) is 9.84 Å². The number of amides is 1. The molecule has 120 valence electrons. The van der Waals surface area contributed by atoms with Crippen LogP contribution in [0.1, 0.15) is 35.2 Å². The van der Waals surface area contributed by atoms with E-state index in [0.717, 1.165) is 18.4 Å². The Balaban J connectivity index is 1.82. The minimum Gasteiger partial charge on any atom is -0.338 e. The summed E-state index contributed by atoms with van der Waals surface area (Å²) in [6, 6.07) is 5.42. The number of halogens is 1. The average molecular weight is 342 g/mol. The van der Waals surface area contributed by atoms with Gasteiger partial charge in [0.1, 0.15) is 0 Å². The molecule has 1 amide bonds. The van der Waals surface area contributed by atoms with Crippen LogP contribution in [0.3, 0.4) is 0 Å². The second-order valence-electron chi connectivity index (χ2n) is 6.66. The molecule has 3 rings (SSSR count). The number of carbonyl (C=O) groups excluding carboxylic acids is 1. The Morgan fingerprint density at radius 3 is 2.73 bits per heavy atom. The lowest BCUT2D eigenvalue weighted by molar-refractivity contribution is 0.0564. The zero-order chi connectivity index (χ0) is 16.0. The third kappa shape index (κ3) is 3.01. The molecule has 2 fully saturated rings. The first-order chi connectivity index (χ1) is 10.3. The van der Waals surface area contributed by atoms with Crippen LogP contribution in [0.5, 0.6) is 0 Å². The molecule has 2 aliphatic rings. The second kappa shape index (κ2) is 5.53. The molecule has 0 radical (unpaired) electrons. The maximum absolute atomic E-state index is 12.7. The topological polar surface area (TPSA) is 54.5 Å². The summed E-state index contributed by atoms with van der Waals surface area (Å²) in [5, 5.41) is 0.462. The Bertz CT molecular complexity index is 716. The van der Waals surface area contributed by atoms with Crippen LogP contribution >= 0.6 is 11.6 Å². The van der Waals surface area contributed by atoms with Crippen molar-refractivity contribution in [2.24, 2.45) is 5.41 Å². The second-order valence-corrected chi connectivity index (χ2v) is 9.25. The maximum atomic E-state index is 12.7. The third-order valence-electron chi connectivity index (χ3n) is 4.77. The van der Waals surface area contributed by atoms with Crippen molar-refractivity contribution < 1.29 is 13.2 Å². The Kier molecular flexibility index (Phi) is 3.98. The fraction of sp³-hybridized carbons (Fsp3) is 0.562. The first-order valence-electron chi connectivity index (χ1n) is 7.56. The molecule has 6 heteroatoms. The van der Waals surface area contributed by atoms with E-state index in [4.69, 9.17) is 11.6 Å². The molecule has 22 heavy (non-hydrogen) atoms. The van der Waals surface area contributed by atoms with Crippen molar-refractivity contribution in [1.82, 2.24) is 4.90 Å². The van der Waals surface area contributed by atoms with Crippen molar-refractivity contribution in [2.45, 2.75) is 26.2 Å². The van der Waals surface area contributed by atoms with Crippen LogP contribution in [0.25, 0.3) is 0 Å². The summed E-state index contributed by atoms with van der Waals surface area (Å²) in [4.78, 5) is 14.5. The van der Waals surface area contributed by atoms with Crippen LogP contribution in [-0.2, 0) is 9.84 Å². The highest BCUT2D eigenvalue weighted by molar-refractivity contribution is 7.91. The average Bonchev–Trinajstić information content (AvgIpc) is 2.73. The molecule has 2 saturated heterocycles. The lowest BCUT2D eigenvalue weighted by atomic mass is 9.79. The van der Waals surface area contributed by atoms with E-state index in [2.05, 4.69) is 0 Å². The van der Waals surface area contributed by atoms with Crippen molar-refractivity contribution in [3.8, 4) is 0 Å². The molecule has 1 aromatic rings. The summed E-state index contributed by atoms with van der Waals surface area (Å²) in [6.07, 6.45) is 2.41. The van der Waals surface area contributed by atoms with Gasteiger partial charge in [-0.1, -0.05) is 17.7 Å². The zero-order valence-corrected chi connectivity index (χ0v) is 14.2. The highest BCUT2D eigenvalue weighted by atomic mass is 35.5. The molecular formula is C16H20ClNO3S. The van der Waals surface area contributed by atoms with Crippen LogP contribution in [0.15, 0.2) is 18.2 Å². The highest BCUT2D eigenvalue weighted by Gasteiger charge is 2.45. The zero-order valence-electron chi connectivity index (χ0n) is 12.6. The summed E-state index contributed by atoms with van der Waals surface area (Å²) in [5.41, 5.74) is 1.27. The van der Waals surface area contributed by atoms with Crippen LogP contribution in [0, 0.1) is 12.3 Å². The van der Waals surface area contributed by atoms with Crippen molar-refractivity contribution in [1.29, 1.82) is 0 Å². The fourth-order valence-corrected chi connectivity index (χ4v) is 6.17. The lowest BCUT2D eigenvalue weighted by Crippen LogP contribution is -2.46. The van der Waals surface area contributed by atoms with Gasteiger partial charge in [-0.2, -0.15) is 0 Å². The first-order valence-corrected chi connectivity index (χ1v) is 9.76. The van der Waals surface area contributed by atoms with Gasteiger partial charge in [-0.25, -0.2) is 8.42 Å². The number of aryl methyl sites for hydroxylation is 1. The minimum atomic E-state index is -2.95. The monoisotopic (exact) mass is 341 g/mol. The highest BCUT2D eigenvalue weighted by Crippen LogP contribution is 2.40. The predicted octanol–water partition coefficient (Wildman–Crippen LogP) is 2.69. The van der Waals surface area contributed by atoms with E-state index in [0.29, 0.717) is 30.1 Å². The number of hydrogen-bond acceptors (Lipinski definition) is 3. The molecule has 1 spiro atoms. The first kappa shape index (κ1) is 15.8. The van der Waals surface area contributed by atoms with Gasteiger partial charge in [0, 0.05) is 18.5 Å². The molecule has 1 unspecified atom stereocenters. The summed E-state index contributed by atoms with van der Waals surface area (Å²) < 4.78 is 23.6. The lowest BCUT2D eigenvalue weighted by Gasteiger charge is -2.39. The standard InChI is InChI=1S/C16H20ClNO3S/c1-12-3-4-13(14(17)9-12)15(19)18-7-2-5-16(10-18)6-8-22(20,21)11-16/h3-4,9H,2,5-8,10-11H2,1H3. The van der Waals surface area contributed by atoms with Crippen LogP contribution in [0.2, 0.25) is 5.02 Å². The van der Waals surface area contributed by atoms with Crippen molar-refractivity contribution in [2.75, 3.05) is 24.6 Å². The van der Waals surface area contributed by atoms with Crippen molar-refractivity contribution >= 4 is 27.3 Å². The number of hydrogen-bond donors (Lipinski definition) is 0. The van der Waals surface area contributed by atoms with Crippen LogP contribution < -0.4 is 0 Å². The number of piperidine rings is 1. The SMILES string of the molecule is Cc1ccc(C(=O)N2CCCC3(CCS(=O)(=O)C3)C2)c(Cl)c1. The molecule has 1 atom stereocenters. The van der Waals surface area contributed by atoms with E-state index >= 15 is 0 Å². The van der Waals surface area contributed by atoms with Gasteiger partial charge in [0.05, 0.1) is 22.1 Å². The molecule has 0 bridgehead atoms. The van der Waals surface area contributed by atoms with Gasteiger partial charge in [-0.15, -0.1) is 0 Å². The molecule has 0 aromatic heterocycles. The molecule has 4 nitrogen and oxygen atoms in total. The number of nitrogens with zero attached hydrogens (tertiary/aromatic N) is 1. The van der Waals surface area contributed by atoms with Gasteiger partial charge in [-0.05, 0) is 43.9 Å². The smallest absolute Gasteiger partial charge is 0.255 e. The van der Waals surface area contributed by atoms with Crippen LogP contribution in [0.4, 0.5) is 0 Å². The van der Waals surface area contributed by atoms with Crippen LogP contribution in [-0.4, -0.2) is 43.8 Å². The molecule has 0 saturated carbocycles. The summed E-state index contributed by atoms with van der Waals surface area (Å²) >= 11 is 6.20. The van der Waals surface area contributed by atoms with Gasteiger partial charge >= 0.3 is 0 Å². The van der Waals surface area contributed by atoms with Crippen molar-refractivity contribution in [3.05, 3.63) is 34.3 Å². The largest absolute Gasteiger partial charge is 0.338 e. The number of rotatable bonds is 1. The van der Waals surface area contributed by atoms with E-state index < -0.39 is 9.84 Å². The normalized spacial score (nSPS) is 27.3. The maximum Gasteiger partial charge on any atom is 0.255 e. The summed E-state index contributed by atoms with van der Waals surface area (Å²) in [6.45, 7) is 3.12. The van der Waals surface area contributed by atoms with Gasteiger partial charge in [-0.3, -0.25) is 4.79 Å². The molecule has 0 N–H and O–H groups in total. The quantitative estimate of drug-likeness (QED) is 0.789. The molecule has 2 aliphatic heterocycles.